The second kappa shape index (κ2) is 6.25. The molecule has 0 atom stereocenters. The van der Waals surface area contributed by atoms with Crippen molar-refractivity contribution < 1.29 is 0 Å². The second-order valence-electron chi connectivity index (χ2n) is 7.32. The molecular formula is C21H23N5. The number of aromatic amines is 2. The predicted octanol–water partition coefficient (Wildman–Crippen LogP) is 4.40. The van der Waals surface area contributed by atoms with Gasteiger partial charge in [0, 0.05) is 34.9 Å². The molecule has 0 amide bonds. The Kier molecular flexibility index (Phi) is 3.75. The summed E-state index contributed by atoms with van der Waals surface area (Å²) in [6, 6.07) is 11.0. The van der Waals surface area contributed by atoms with Crippen LogP contribution < -0.4 is 0 Å². The number of piperidine rings is 1. The number of benzene rings is 1. The van der Waals surface area contributed by atoms with E-state index in [1.165, 1.54) is 48.8 Å². The number of nitrogens with zero attached hydrogens (tertiary/aromatic N) is 3. The zero-order valence-corrected chi connectivity index (χ0v) is 15.0. The van der Waals surface area contributed by atoms with E-state index in [2.05, 4.69) is 49.1 Å². The molecule has 26 heavy (non-hydrogen) atoms. The van der Waals surface area contributed by atoms with E-state index in [-0.39, 0.29) is 0 Å². The average Bonchev–Trinajstić information content (AvgIpc) is 3.24. The zero-order valence-electron chi connectivity index (χ0n) is 15.0. The van der Waals surface area contributed by atoms with Crippen LogP contribution in [0.1, 0.15) is 30.7 Å². The number of nitrogens with one attached hydrogen (secondary N) is 2. The van der Waals surface area contributed by atoms with Gasteiger partial charge in [-0.3, -0.25) is 4.90 Å². The van der Waals surface area contributed by atoms with Crippen LogP contribution in [0.4, 0.5) is 0 Å². The molecule has 1 aliphatic heterocycles. The van der Waals surface area contributed by atoms with Crippen LogP contribution in [-0.4, -0.2) is 37.9 Å². The monoisotopic (exact) mass is 345 g/mol. The number of imidazole rings is 1. The summed E-state index contributed by atoms with van der Waals surface area (Å²) in [6.07, 6.45) is 5.87. The van der Waals surface area contributed by atoms with E-state index < -0.39 is 0 Å². The Morgan fingerprint density at radius 1 is 1.04 bits per heavy atom. The molecule has 1 aromatic carbocycles. The van der Waals surface area contributed by atoms with Gasteiger partial charge in [0.05, 0.1) is 0 Å². The first kappa shape index (κ1) is 15.6. The van der Waals surface area contributed by atoms with E-state index >= 15 is 0 Å². The fourth-order valence-electron chi connectivity index (χ4n) is 4.04. The van der Waals surface area contributed by atoms with Crippen molar-refractivity contribution in [3.05, 3.63) is 47.9 Å². The van der Waals surface area contributed by atoms with Crippen molar-refractivity contribution in [1.29, 1.82) is 0 Å². The number of hydrogen-bond acceptors (Lipinski definition) is 3. The van der Waals surface area contributed by atoms with Crippen molar-refractivity contribution >= 4 is 22.1 Å². The Morgan fingerprint density at radius 2 is 1.92 bits per heavy atom. The number of fused-ring (bicyclic) bond motifs is 2. The maximum Gasteiger partial charge on any atom is 0.158 e. The van der Waals surface area contributed by atoms with Crippen LogP contribution in [0.3, 0.4) is 0 Å². The highest BCUT2D eigenvalue weighted by molar-refractivity contribution is 5.94. The molecule has 132 valence electrons. The number of H-pyrrole nitrogens is 2. The van der Waals surface area contributed by atoms with Gasteiger partial charge in [0.1, 0.15) is 11.3 Å². The van der Waals surface area contributed by atoms with Crippen LogP contribution in [0.5, 0.6) is 0 Å². The SMILES string of the molecule is Cc1nc2c(-c3cc4ccc(CN5CCCCC5)cc4[nH]3)ccnc2[nH]1. The van der Waals surface area contributed by atoms with Gasteiger partial charge in [-0.2, -0.15) is 0 Å². The van der Waals surface area contributed by atoms with Gasteiger partial charge in [0.15, 0.2) is 5.65 Å². The maximum absolute atomic E-state index is 4.61. The number of hydrogen-bond donors (Lipinski definition) is 2. The van der Waals surface area contributed by atoms with Crippen LogP contribution in [0.25, 0.3) is 33.3 Å². The minimum Gasteiger partial charge on any atom is -0.354 e. The molecule has 0 unspecified atom stereocenters. The van der Waals surface area contributed by atoms with Gasteiger partial charge in [0.2, 0.25) is 0 Å². The zero-order chi connectivity index (χ0) is 17.5. The van der Waals surface area contributed by atoms with Crippen molar-refractivity contribution in [3.63, 3.8) is 0 Å². The number of aromatic nitrogens is 4. The molecule has 5 rings (SSSR count). The van der Waals surface area contributed by atoms with Gasteiger partial charge in [-0.1, -0.05) is 18.6 Å². The summed E-state index contributed by atoms with van der Waals surface area (Å²) in [5.74, 6) is 0.889. The summed E-state index contributed by atoms with van der Waals surface area (Å²) in [5, 5.41) is 1.24. The Balaban J connectivity index is 1.51. The molecule has 1 aliphatic rings. The van der Waals surface area contributed by atoms with E-state index in [0.717, 1.165) is 34.8 Å². The van der Waals surface area contributed by atoms with Crippen LogP contribution >= 0.6 is 0 Å². The summed E-state index contributed by atoms with van der Waals surface area (Å²) < 4.78 is 0. The number of aryl methyl sites for hydroxylation is 1. The maximum atomic E-state index is 4.61. The highest BCUT2D eigenvalue weighted by Gasteiger charge is 2.13. The van der Waals surface area contributed by atoms with Crippen LogP contribution in [0, 0.1) is 6.92 Å². The van der Waals surface area contributed by atoms with Crippen molar-refractivity contribution in [3.8, 4) is 11.3 Å². The van der Waals surface area contributed by atoms with Gasteiger partial charge in [-0.25, -0.2) is 9.97 Å². The highest BCUT2D eigenvalue weighted by Crippen LogP contribution is 2.29. The first-order valence-electron chi connectivity index (χ1n) is 9.42. The largest absolute Gasteiger partial charge is 0.354 e. The van der Waals surface area contributed by atoms with Gasteiger partial charge in [0.25, 0.3) is 0 Å². The Morgan fingerprint density at radius 3 is 2.81 bits per heavy atom. The lowest BCUT2D eigenvalue weighted by Gasteiger charge is -2.26. The lowest BCUT2D eigenvalue weighted by molar-refractivity contribution is 0.221. The van der Waals surface area contributed by atoms with E-state index in [9.17, 15) is 0 Å². The van der Waals surface area contributed by atoms with Gasteiger partial charge >= 0.3 is 0 Å². The topological polar surface area (TPSA) is 60.6 Å². The molecule has 4 heterocycles. The molecule has 1 fully saturated rings. The number of rotatable bonds is 3. The average molecular weight is 345 g/mol. The highest BCUT2D eigenvalue weighted by atomic mass is 15.1. The molecule has 5 heteroatoms. The normalized spacial score (nSPS) is 15.9. The fraction of sp³-hybridized carbons (Fsp3) is 0.333. The molecule has 5 nitrogen and oxygen atoms in total. The number of pyridine rings is 1. The summed E-state index contributed by atoms with van der Waals surface area (Å²) in [5.41, 5.74) is 6.51. The van der Waals surface area contributed by atoms with Crippen LogP contribution in [0.2, 0.25) is 0 Å². The second-order valence-corrected chi connectivity index (χ2v) is 7.32. The van der Waals surface area contributed by atoms with Crippen molar-refractivity contribution in [2.45, 2.75) is 32.7 Å². The Bertz CT molecular complexity index is 1070. The molecule has 0 spiro atoms. The molecule has 0 bridgehead atoms. The Labute approximate surface area is 152 Å². The molecule has 0 radical (unpaired) electrons. The molecule has 0 aliphatic carbocycles. The van der Waals surface area contributed by atoms with E-state index in [1.807, 2.05) is 19.2 Å². The van der Waals surface area contributed by atoms with Crippen molar-refractivity contribution in [2.24, 2.45) is 0 Å². The lowest BCUT2D eigenvalue weighted by Crippen LogP contribution is -2.29. The van der Waals surface area contributed by atoms with E-state index in [0.29, 0.717) is 0 Å². The Hall–Kier alpha value is -2.66. The van der Waals surface area contributed by atoms with Crippen LogP contribution in [-0.2, 0) is 6.54 Å². The molecule has 3 aromatic heterocycles. The van der Waals surface area contributed by atoms with Crippen LogP contribution in [0.15, 0.2) is 36.5 Å². The van der Waals surface area contributed by atoms with Gasteiger partial charge < -0.3 is 9.97 Å². The van der Waals surface area contributed by atoms with Crippen molar-refractivity contribution in [2.75, 3.05) is 13.1 Å². The summed E-state index contributed by atoms with van der Waals surface area (Å²) in [4.78, 5) is 18.4. The minimum atomic E-state index is 0.837. The van der Waals surface area contributed by atoms with E-state index in [1.54, 1.807) is 0 Å². The molecule has 4 aromatic rings. The molecular weight excluding hydrogens is 322 g/mol. The molecule has 0 saturated carbocycles. The third kappa shape index (κ3) is 2.78. The summed E-state index contributed by atoms with van der Waals surface area (Å²) in [7, 11) is 0. The minimum absolute atomic E-state index is 0.837. The quantitative estimate of drug-likeness (QED) is 0.578. The van der Waals surface area contributed by atoms with E-state index in [4.69, 9.17) is 0 Å². The number of likely N-dealkylation sites (tertiary alicyclic amines) is 1. The lowest BCUT2D eigenvalue weighted by atomic mass is 10.1. The van der Waals surface area contributed by atoms with Gasteiger partial charge in [-0.05, 0) is 56.6 Å². The predicted molar refractivity (Wildman–Crippen MR) is 105 cm³/mol. The van der Waals surface area contributed by atoms with Crippen molar-refractivity contribution in [1.82, 2.24) is 24.8 Å². The third-order valence-electron chi connectivity index (χ3n) is 5.33. The first-order valence-corrected chi connectivity index (χ1v) is 9.42. The van der Waals surface area contributed by atoms with Gasteiger partial charge in [-0.15, -0.1) is 0 Å². The smallest absolute Gasteiger partial charge is 0.158 e. The standard InChI is InChI=1S/C21H23N5/c1-14-23-20-17(7-8-22-21(20)24-14)19-12-16-6-5-15(11-18(16)25-19)13-26-9-3-2-4-10-26/h5-8,11-12,25H,2-4,9-10,13H2,1H3,(H,22,23,24). The fourth-order valence-corrected chi connectivity index (χ4v) is 4.04. The first-order chi connectivity index (χ1) is 12.8. The molecule has 2 N–H and O–H groups in total. The third-order valence-corrected chi connectivity index (χ3v) is 5.33. The summed E-state index contributed by atoms with van der Waals surface area (Å²) in [6.45, 7) is 5.45. The molecule has 1 saturated heterocycles. The summed E-state index contributed by atoms with van der Waals surface area (Å²) >= 11 is 0.